The molecule has 1 atom stereocenters. The van der Waals surface area contributed by atoms with Crippen LogP contribution in [-0.4, -0.2) is 37.0 Å². The molecular formula is C15H24N2O2. The zero-order valence-electron chi connectivity index (χ0n) is 12.5. The van der Waals surface area contributed by atoms with Crippen LogP contribution in [0.5, 0.6) is 5.75 Å². The van der Waals surface area contributed by atoms with Gasteiger partial charge in [0.2, 0.25) is 5.91 Å². The minimum atomic E-state index is -0.230. The number of ether oxygens (including phenoxy) is 1. The molecule has 0 fully saturated rings. The van der Waals surface area contributed by atoms with E-state index in [2.05, 4.69) is 5.32 Å². The van der Waals surface area contributed by atoms with Gasteiger partial charge in [-0.05, 0) is 51.5 Å². The number of amides is 1. The summed E-state index contributed by atoms with van der Waals surface area (Å²) < 4.78 is 5.17. The summed E-state index contributed by atoms with van der Waals surface area (Å²) in [5, 5.41) is 3.26. The third-order valence-corrected chi connectivity index (χ3v) is 3.25. The van der Waals surface area contributed by atoms with E-state index in [1.807, 2.05) is 50.8 Å². The zero-order valence-corrected chi connectivity index (χ0v) is 12.5. The van der Waals surface area contributed by atoms with Crippen LogP contribution in [0.4, 0.5) is 5.69 Å². The van der Waals surface area contributed by atoms with Gasteiger partial charge >= 0.3 is 0 Å². The van der Waals surface area contributed by atoms with E-state index in [4.69, 9.17) is 4.74 Å². The lowest BCUT2D eigenvalue weighted by Crippen LogP contribution is -2.41. The Morgan fingerprint density at radius 3 is 2.47 bits per heavy atom. The Hall–Kier alpha value is -1.71. The van der Waals surface area contributed by atoms with Crippen LogP contribution in [-0.2, 0) is 4.79 Å². The van der Waals surface area contributed by atoms with Crippen molar-refractivity contribution < 1.29 is 9.53 Å². The lowest BCUT2D eigenvalue weighted by Gasteiger charge is -2.24. The topological polar surface area (TPSA) is 41.6 Å². The molecule has 19 heavy (non-hydrogen) atoms. The van der Waals surface area contributed by atoms with E-state index in [9.17, 15) is 4.79 Å². The van der Waals surface area contributed by atoms with Crippen LogP contribution in [0.15, 0.2) is 18.2 Å². The number of benzene rings is 1. The van der Waals surface area contributed by atoms with Gasteiger partial charge in [0, 0.05) is 18.8 Å². The van der Waals surface area contributed by atoms with Crippen molar-refractivity contribution in [3.05, 3.63) is 23.8 Å². The van der Waals surface area contributed by atoms with Crippen LogP contribution in [0.2, 0.25) is 0 Å². The zero-order chi connectivity index (χ0) is 14.4. The molecule has 0 saturated heterocycles. The molecule has 1 amide bonds. The molecule has 1 aromatic rings. The van der Waals surface area contributed by atoms with Gasteiger partial charge in [-0.3, -0.25) is 4.79 Å². The summed E-state index contributed by atoms with van der Waals surface area (Å²) >= 11 is 0. The van der Waals surface area contributed by atoms with E-state index < -0.39 is 0 Å². The average molecular weight is 264 g/mol. The highest BCUT2D eigenvalue weighted by molar-refractivity contribution is 5.84. The van der Waals surface area contributed by atoms with Crippen LogP contribution in [0.3, 0.4) is 0 Å². The molecule has 4 nitrogen and oxygen atoms in total. The van der Waals surface area contributed by atoms with Crippen molar-refractivity contribution in [2.24, 2.45) is 0 Å². The number of rotatable bonds is 6. The normalized spacial score (nSPS) is 11.8. The van der Waals surface area contributed by atoms with Crippen molar-refractivity contribution in [2.45, 2.75) is 33.7 Å². The Bertz CT molecular complexity index is 428. The Morgan fingerprint density at radius 2 is 2.00 bits per heavy atom. The molecule has 1 aromatic carbocycles. The number of methoxy groups -OCH3 is 1. The van der Waals surface area contributed by atoms with Gasteiger partial charge in [-0.25, -0.2) is 0 Å². The van der Waals surface area contributed by atoms with Crippen molar-refractivity contribution in [2.75, 3.05) is 25.5 Å². The number of carbonyl (C=O) groups excluding carboxylic acids is 1. The van der Waals surface area contributed by atoms with Crippen LogP contribution in [0.25, 0.3) is 0 Å². The molecule has 1 N–H and O–H groups in total. The second kappa shape index (κ2) is 7.02. The molecule has 0 saturated carbocycles. The summed E-state index contributed by atoms with van der Waals surface area (Å²) in [5.41, 5.74) is 2.03. The smallest absolute Gasteiger partial charge is 0.244 e. The van der Waals surface area contributed by atoms with Crippen LogP contribution < -0.4 is 10.1 Å². The van der Waals surface area contributed by atoms with Gasteiger partial charge in [0.1, 0.15) is 11.8 Å². The summed E-state index contributed by atoms with van der Waals surface area (Å²) in [6.07, 6.45) is 0. The lowest BCUT2D eigenvalue weighted by atomic mass is 10.1. The molecule has 1 unspecified atom stereocenters. The summed E-state index contributed by atoms with van der Waals surface area (Å²) in [7, 11) is 1.65. The molecule has 0 spiro atoms. The molecule has 0 bridgehead atoms. The Balaban J connectivity index is 2.76. The number of nitrogens with one attached hydrogen (secondary N) is 1. The quantitative estimate of drug-likeness (QED) is 0.859. The second-order valence-electron chi connectivity index (χ2n) is 4.56. The predicted molar refractivity (Wildman–Crippen MR) is 78.7 cm³/mol. The van der Waals surface area contributed by atoms with E-state index in [0.717, 1.165) is 30.1 Å². The average Bonchev–Trinajstić information content (AvgIpc) is 2.42. The van der Waals surface area contributed by atoms with E-state index >= 15 is 0 Å². The van der Waals surface area contributed by atoms with Crippen molar-refractivity contribution in [3.63, 3.8) is 0 Å². The first kappa shape index (κ1) is 15.3. The van der Waals surface area contributed by atoms with E-state index in [1.165, 1.54) is 0 Å². The highest BCUT2D eigenvalue weighted by atomic mass is 16.5. The first-order valence-corrected chi connectivity index (χ1v) is 6.73. The number of carbonyl (C=O) groups is 1. The predicted octanol–water partition coefficient (Wildman–Crippen LogP) is 2.67. The maximum absolute atomic E-state index is 12.2. The lowest BCUT2D eigenvalue weighted by molar-refractivity contribution is -0.131. The van der Waals surface area contributed by atoms with Crippen molar-refractivity contribution in [1.29, 1.82) is 0 Å². The molecule has 0 radical (unpaired) electrons. The largest absolute Gasteiger partial charge is 0.497 e. The van der Waals surface area contributed by atoms with Gasteiger partial charge in [-0.1, -0.05) is 0 Å². The third kappa shape index (κ3) is 3.88. The molecule has 0 aliphatic heterocycles. The van der Waals surface area contributed by atoms with Crippen LogP contribution in [0.1, 0.15) is 26.3 Å². The third-order valence-electron chi connectivity index (χ3n) is 3.25. The van der Waals surface area contributed by atoms with Crippen molar-refractivity contribution in [1.82, 2.24) is 4.90 Å². The van der Waals surface area contributed by atoms with Gasteiger partial charge in [0.05, 0.1) is 7.11 Å². The Kier molecular flexibility index (Phi) is 5.67. The van der Waals surface area contributed by atoms with Crippen molar-refractivity contribution >= 4 is 11.6 Å². The van der Waals surface area contributed by atoms with Gasteiger partial charge in [0.15, 0.2) is 0 Å². The molecule has 0 heterocycles. The maximum atomic E-state index is 12.2. The number of anilines is 1. The monoisotopic (exact) mass is 264 g/mol. The number of hydrogen-bond donors (Lipinski definition) is 1. The maximum Gasteiger partial charge on any atom is 0.244 e. The number of likely N-dealkylation sites (N-methyl/N-ethyl adjacent to an activating group) is 1. The van der Waals surface area contributed by atoms with E-state index in [0.29, 0.717) is 0 Å². The Morgan fingerprint density at radius 1 is 1.37 bits per heavy atom. The molecular weight excluding hydrogens is 240 g/mol. The first-order chi connectivity index (χ1) is 9.03. The summed E-state index contributed by atoms with van der Waals surface area (Å²) in [6, 6.07) is 5.56. The van der Waals surface area contributed by atoms with E-state index in [1.54, 1.807) is 7.11 Å². The van der Waals surface area contributed by atoms with Crippen LogP contribution in [0, 0.1) is 6.92 Å². The summed E-state index contributed by atoms with van der Waals surface area (Å²) in [5.74, 6) is 0.950. The number of hydrogen-bond acceptors (Lipinski definition) is 3. The second-order valence-corrected chi connectivity index (χ2v) is 4.56. The van der Waals surface area contributed by atoms with Gasteiger partial charge in [0.25, 0.3) is 0 Å². The SMILES string of the molecule is CCN(CC)C(=O)C(C)Nc1ccc(OC)cc1C. The minimum Gasteiger partial charge on any atom is -0.497 e. The molecule has 0 aliphatic rings. The first-order valence-electron chi connectivity index (χ1n) is 6.73. The number of aryl methyl sites for hydroxylation is 1. The fourth-order valence-electron chi connectivity index (χ4n) is 2.03. The van der Waals surface area contributed by atoms with Crippen molar-refractivity contribution in [3.8, 4) is 5.75 Å². The molecule has 4 heteroatoms. The summed E-state index contributed by atoms with van der Waals surface area (Å²) in [4.78, 5) is 14.0. The van der Waals surface area contributed by atoms with Gasteiger partial charge in [-0.15, -0.1) is 0 Å². The van der Waals surface area contributed by atoms with Crippen LogP contribution >= 0.6 is 0 Å². The summed E-state index contributed by atoms with van der Waals surface area (Å²) in [6.45, 7) is 9.36. The molecule has 1 rings (SSSR count). The van der Waals surface area contributed by atoms with Gasteiger partial charge in [-0.2, -0.15) is 0 Å². The fraction of sp³-hybridized carbons (Fsp3) is 0.533. The minimum absolute atomic E-state index is 0.125. The van der Waals surface area contributed by atoms with E-state index in [-0.39, 0.29) is 11.9 Å². The Labute approximate surface area is 115 Å². The molecule has 0 aromatic heterocycles. The standard InChI is InChI=1S/C15H24N2O2/c1-6-17(7-2)15(18)12(4)16-14-9-8-13(19-5)10-11(14)3/h8-10,12,16H,6-7H2,1-5H3. The molecule has 106 valence electrons. The number of nitrogens with zero attached hydrogens (tertiary/aromatic N) is 1. The molecule has 0 aliphatic carbocycles. The fourth-order valence-corrected chi connectivity index (χ4v) is 2.03. The highest BCUT2D eigenvalue weighted by Gasteiger charge is 2.18. The highest BCUT2D eigenvalue weighted by Crippen LogP contribution is 2.21. The van der Waals surface area contributed by atoms with Gasteiger partial charge < -0.3 is 15.0 Å².